The summed E-state index contributed by atoms with van der Waals surface area (Å²) in [7, 11) is 3.38. The Morgan fingerprint density at radius 3 is 2.88 bits per heavy atom. The lowest BCUT2D eigenvalue weighted by atomic mass is 9.97. The van der Waals surface area contributed by atoms with Gasteiger partial charge >= 0.3 is 0 Å². The minimum atomic E-state index is -0.328. The number of benzene rings is 2. The van der Waals surface area contributed by atoms with Gasteiger partial charge in [0.1, 0.15) is 19.0 Å². The molecule has 2 aliphatic heterocycles. The summed E-state index contributed by atoms with van der Waals surface area (Å²) in [5, 5.41) is 16.1. The van der Waals surface area contributed by atoms with Crippen LogP contribution in [0.4, 0.5) is 0 Å². The van der Waals surface area contributed by atoms with Gasteiger partial charge in [-0.05, 0) is 47.5 Å². The van der Waals surface area contributed by atoms with Gasteiger partial charge in [0, 0.05) is 38.0 Å². The topological polar surface area (TPSA) is 102 Å². The first-order valence-electron chi connectivity index (χ1n) is 10.7. The van der Waals surface area contributed by atoms with Crippen molar-refractivity contribution in [3.05, 3.63) is 59.7 Å². The van der Waals surface area contributed by atoms with Crippen LogP contribution < -0.4 is 19.5 Å². The highest BCUT2D eigenvalue weighted by molar-refractivity contribution is 5.95. The molecule has 2 aromatic rings. The number of oxime groups is 1. The van der Waals surface area contributed by atoms with Crippen LogP contribution in [0.3, 0.4) is 0 Å². The number of ether oxygens (including phenoxy) is 4. The number of amides is 1. The highest BCUT2D eigenvalue weighted by atomic mass is 16.6. The quantitative estimate of drug-likeness (QED) is 0.299. The minimum Gasteiger partial charge on any atom is -0.486 e. The molecule has 2 heterocycles. The number of rotatable bonds is 6. The van der Waals surface area contributed by atoms with Gasteiger partial charge in [-0.2, -0.15) is 0 Å². The molecule has 2 aliphatic rings. The predicted octanol–water partition coefficient (Wildman–Crippen LogP) is 2.28. The molecular formula is C24H27N3O6. The number of hydrogen-bond acceptors (Lipinski definition) is 8. The Hall–Kier alpha value is -3.88. The molecule has 0 spiro atoms. The molecule has 4 rings (SSSR count). The normalized spacial score (nSPS) is 18.2. The maximum absolute atomic E-state index is 11.8. The summed E-state index contributed by atoms with van der Waals surface area (Å²) in [6.07, 6.45) is 2.11. The molecule has 174 valence electrons. The van der Waals surface area contributed by atoms with Gasteiger partial charge < -0.3 is 34.4 Å². The van der Waals surface area contributed by atoms with Crippen LogP contribution in [0.1, 0.15) is 11.1 Å². The van der Waals surface area contributed by atoms with Gasteiger partial charge in [0.15, 0.2) is 24.2 Å². The summed E-state index contributed by atoms with van der Waals surface area (Å²) in [6.45, 7) is 1.19. The maximum atomic E-state index is 11.8. The predicted molar refractivity (Wildman–Crippen MR) is 122 cm³/mol. The molecule has 2 N–H and O–H groups in total. The van der Waals surface area contributed by atoms with E-state index in [1.54, 1.807) is 20.2 Å². The fourth-order valence-electron chi connectivity index (χ4n) is 3.51. The Balaban J connectivity index is 1.39. The number of nitrogens with zero attached hydrogens (tertiary/aromatic N) is 2. The molecule has 0 fully saturated rings. The molecule has 0 aromatic heterocycles. The van der Waals surface area contributed by atoms with E-state index >= 15 is 0 Å². The van der Waals surface area contributed by atoms with Gasteiger partial charge in [0.25, 0.3) is 11.8 Å². The number of carbonyl (C=O) groups is 1. The smallest absolute Gasteiger partial charge is 0.259 e. The van der Waals surface area contributed by atoms with E-state index in [0.717, 1.165) is 23.2 Å². The molecule has 1 unspecified atom stereocenters. The van der Waals surface area contributed by atoms with Crippen molar-refractivity contribution in [2.45, 2.75) is 12.5 Å². The molecule has 0 bridgehead atoms. The zero-order valence-electron chi connectivity index (χ0n) is 18.6. The first-order valence-corrected chi connectivity index (χ1v) is 10.7. The molecule has 9 heteroatoms. The SMILES string of the molecule is CN(C)C(=O)COc1ccc2c(c1)CCN/C2=C\C(=N/O)OCC1COc2ccccc2O1. The Bertz CT molecular complexity index is 1070. The Labute approximate surface area is 192 Å². The molecule has 33 heavy (non-hydrogen) atoms. The van der Waals surface area contributed by atoms with Crippen molar-refractivity contribution in [2.75, 3.05) is 40.5 Å². The van der Waals surface area contributed by atoms with Crippen LogP contribution in [-0.2, 0) is 16.0 Å². The van der Waals surface area contributed by atoms with Crippen LogP contribution in [0.2, 0.25) is 0 Å². The zero-order chi connectivity index (χ0) is 23.2. The summed E-state index contributed by atoms with van der Waals surface area (Å²) in [5.41, 5.74) is 2.78. The third-order valence-electron chi connectivity index (χ3n) is 5.29. The molecule has 1 atom stereocenters. The van der Waals surface area contributed by atoms with Crippen LogP contribution in [0.5, 0.6) is 17.2 Å². The molecular weight excluding hydrogens is 426 g/mol. The standard InChI is InChI=1S/C24H27N3O6/c1-27(2)24(28)15-30-17-7-8-19-16(11-17)9-10-25-20(19)12-23(26-29)32-14-18-13-31-21-5-3-4-6-22(21)33-18/h3-8,11-12,18,25,29H,9-10,13-15H2,1-2H3/b20-12-,26-23+. The van der Waals surface area contributed by atoms with Gasteiger partial charge in [-0.1, -0.05) is 12.1 Å². The van der Waals surface area contributed by atoms with Gasteiger partial charge in [-0.25, -0.2) is 0 Å². The van der Waals surface area contributed by atoms with Gasteiger partial charge in [0.05, 0.1) is 0 Å². The molecule has 0 saturated heterocycles. The molecule has 0 saturated carbocycles. The fraction of sp³-hybridized carbons (Fsp3) is 0.333. The minimum absolute atomic E-state index is 0.0146. The van der Waals surface area contributed by atoms with Crippen LogP contribution >= 0.6 is 0 Å². The second-order valence-corrected chi connectivity index (χ2v) is 7.88. The van der Waals surface area contributed by atoms with Crippen molar-refractivity contribution in [1.82, 2.24) is 10.2 Å². The van der Waals surface area contributed by atoms with Crippen LogP contribution in [-0.4, -0.2) is 68.5 Å². The molecule has 0 radical (unpaired) electrons. The van der Waals surface area contributed by atoms with Crippen molar-refractivity contribution in [2.24, 2.45) is 5.16 Å². The first kappa shape index (κ1) is 22.3. The van der Waals surface area contributed by atoms with Crippen LogP contribution in [0.25, 0.3) is 5.70 Å². The van der Waals surface area contributed by atoms with E-state index in [1.165, 1.54) is 4.90 Å². The van der Waals surface area contributed by atoms with E-state index in [2.05, 4.69) is 10.5 Å². The van der Waals surface area contributed by atoms with E-state index in [0.29, 0.717) is 30.4 Å². The first-order chi connectivity index (χ1) is 16.0. The summed E-state index contributed by atoms with van der Waals surface area (Å²) in [4.78, 5) is 13.3. The van der Waals surface area contributed by atoms with Crippen LogP contribution in [0.15, 0.2) is 53.7 Å². The van der Waals surface area contributed by atoms with Crippen molar-refractivity contribution >= 4 is 17.5 Å². The Kier molecular flexibility index (Phi) is 6.87. The number of nitrogens with one attached hydrogen (secondary N) is 1. The molecule has 0 aliphatic carbocycles. The van der Waals surface area contributed by atoms with E-state index < -0.39 is 0 Å². The largest absolute Gasteiger partial charge is 0.486 e. The lowest BCUT2D eigenvalue weighted by Gasteiger charge is -2.26. The monoisotopic (exact) mass is 453 g/mol. The van der Waals surface area contributed by atoms with Crippen molar-refractivity contribution in [1.29, 1.82) is 0 Å². The van der Waals surface area contributed by atoms with Crippen molar-refractivity contribution in [3.63, 3.8) is 0 Å². The van der Waals surface area contributed by atoms with Crippen molar-refractivity contribution < 1.29 is 28.9 Å². The summed E-state index contributed by atoms with van der Waals surface area (Å²) in [5.74, 6) is 1.94. The van der Waals surface area contributed by atoms with E-state index in [9.17, 15) is 10.0 Å². The highest BCUT2D eigenvalue weighted by Crippen LogP contribution is 2.31. The second-order valence-electron chi connectivity index (χ2n) is 7.88. The fourth-order valence-corrected chi connectivity index (χ4v) is 3.51. The molecule has 1 amide bonds. The van der Waals surface area contributed by atoms with Crippen molar-refractivity contribution in [3.8, 4) is 17.2 Å². The van der Waals surface area contributed by atoms with E-state index in [-0.39, 0.29) is 31.1 Å². The second kappa shape index (κ2) is 10.2. The van der Waals surface area contributed by atoms with Gasteiger partial charge in [-0.3, -0.25) is 4.79 Å². The highest BCUT2D eigenvalue weighted by Gasteiger charge is 2.22. The van der Waals surface area contributed by atoms with Gasteiger partial charge in [-0.15, -0.1) is 0 Å². The average molecular weight is 453 g/mol. The number of hydrogen-bond donors (Lipinski definition) is 2. The maximum Gasteiger partial charge on any atom is 0.259 e. The number of likely N-dealkylation sites (N-methyl/N-ethyl adjacent to an activating group) is 1. The third-order valence-corrected chi connectivity index (χ3v) is 5.29. The molecule has 9 nitrogen and oxygen atoms in total. The Morgan fingerprint density at radius 2 is 2.09 bits per heavy atom. The number of para-hydroxylation sites is 2. The van der Waals surface area contributed by atoms with Gasteiger partial charge in [0.2, 0.25) is 0 Å². The third kappa shape index (κ3) is 5.49. The zero-order valence-corrected chi connectivity index (χ0v) is 18.6. The van der Waals surface area contributed by atoms with Crippen LogP contribution in [0, 0.1) is 0 Å². The number of fused-ring (bicyclic) bond motifs is 2. The lowest BCUT2D eigenvalue weighted by Crippen LogP contribution is -2.34. The number of carbonyl (C=O) groups excluding carboxylic acids is 1. The lowest BCUT2D eigenvalue weighted by molar-refractivity contribution is -0.130. The van der Waals surface area contributed by atoms with E-state index in [1.807, 2.05) is 42.5 Å². The Morgan fingerprint density at radius 1 is 1.27 bits per heavy atom. The average Bonchev–Trinajstić information content (AvgIpc) is 2.84. The summed E-state index contributed by atoms with van der Waals surface area (Å²) >= 11 is 0. The molecule has 2 aromatic carbocycles. The van der Waals surface area contributed by atoms with E-state index in [4.69, 9.17) is 18.9 Å². The summed E-state index contributed by atoms with van der Waals surface area (Å²) < 4.78 is 22.9. The summed E-state index contributed by atoms with van der Waals surface area (Å²) in [6, 6.07) is 13.1.